The highest BCUT2D eigenvalue weighted by Crippen LogP contribution is 2.20. The van der Waals surface area contributed by atoms with Crippen LogP contribution in [0.4, 0.5) is 4.79 Å². The minimum atomic E-state index is -0.605. The SMILES string of the molecule is COC(=O)CC(=O)[C@H]1CCCCN1C(=O)OCc1ccccc1. The number of carbonyl (C=O) groups is 3. The standard InChI is InChI=1S/C17H21NO5/c1-22-16(20)11-15(19)14-9-5-6-10-18(14)17(21)23-12-13-7-3-2-4-8-13/h2-4,7-8,14H,5-6,9-12H2,1H3/t14-/m1/s1. The molecule has 1 aromatic rings. The zero-order valence-electron chi connectivity index (χ0n) is 13.2. The van der Waals surface area contributed by atoms with Crippen molar-refractivity contribution in [2.75, 3.05) is 13.7 Å². The molecular formula is C17H21NO5. The van der Waals surface area contributed by atoms with Crippen molar-refractivity contribution in [1.29, 1.82) is 0 Å². The molecule has 23 heavy (non-hydrogen) atoms. The maximum Gasteiger partial charge on any atom is 0.410 e. The molecule has 0 aromatic heterocycles. The Labute approximate surface area is 135 Å². The number of hydrogen-bond donors (Lipinski definition) is 0. The van der Waals surface area contributed by atoms with Crippen molar-refractivity contribution in [3.05, 3.63) is 35.9 Å². The number of likely N-dealkylation sites (tertiary alicyclic amines) is 1. The molecule has 1 atom stereocenters. The maximum absolute atomic E-state index is 12.3. The van der Waals surface area contributed by atoms with E-state index in [1.807, 2.05) is 30.3 Å². The van der Waals surface area contributed by atoms with Gasteiger partial charge in [0, 0.05) is 6.54 Å². The fourth-order valence-corrected chi connectivity index (χ4v) is 2.62. The van der Waals surface area contributed by atoms with Crippen molar-refractivity contribution in [2.45, 2.75) is 38.3 Å². The quantitative estimate of drug-likeness (QED) is 0.615. The summed E-state index contributed by atoms with van der Waals surface area (Å²) in [4.78, 5) is 37.2. The zero-order chi connectivity index (χ0) is 16.7. The first-order valence-electron chi connectivity index (χ1n) is 7.68. The van der Waals surface area contributed by atoms with E-state index in [0.717, 1.165) is 18.4 Å². The Morgan fingerprint density at radius 2 is 1.91 bits per heavy atom. The number of benzene rings is 1. The van der Waals surface area contributed by atoms with Gasteiger partial charge in [-0.15, -0.1) is 0 Å². The predicted molar refractivity (Wildman–Crippen MR) is 82.6 cm³/mol. The highest BCUT2D eigenvalue weighted by molar-refractivity contribution is 5.99. The average Bonchev–Trinajstić information content (AvgIpc) is 2.60. The van der Waals surface area contributed by atoms with Crippen molar-refractivity contribution >= 4 is 17.8 Å². The van der Waals surface area contributed by atoms with Gasteiger partial charge in [0.15, 0.2) is 5.78 Å². The molecule has 0 N–H and O–H groups in total. The van der Waals surface area contributed by atoms with Crippen LogP contribution in [0.25, 0.3) is 0 Å². The Hall–Kier alpha value is -2.37. The number of amides is 1. The van der Waals surface area contributed by atoms with Gasteiger partial charge in [0.25, 0.3) is 0 Å². The lowest BCUT2D eigenvalue weighted by molar-refractivity contribution is -0.144. The minimum Gasteiger partial charge on any atom is -0.469 e. The number of nitrogens with zero attached hydrogens (tertiary/aromatic N) is 1. The summed E-state index contributed by atoms with van der Waals surface area (Å²) >= 11 is 0. The molecular weight excluding hydrogens is 298 g/mol. The van der Waals surface area contributed by atoms with Crippen molar-refractivity contribution in [3.8, 4) is 0 Å². The summed E-state index contributed by atoms with van der Waals surface area (Å²) in [5, 5.41) is 0. The van der Waals surface area contributed by atoms with Crippen LogP contribution in [0.2, 0.25) is 0 Å². The predicted octanol–water partition coefficient (Wildman–Crippen LogP) is 2.31. The van der Waals surface area contributed by atoms with E-state index in [4.69, 9.17) is 4.74 Å². The van der Waals surface area contributed by atoms with Gasteiger partial charge < -0.3 is 9.47 Å². The first kappa shape index (κ1) is 17.0. The number of ketones is 1. The van der Waals surface area contributed by atoms with Gasteiger partial charge in [-0.3, -0.25) is 14.5 Å². The Bertz CT molecular complexity index is 557. The molecule has 1 aliphatic heterocycles. The molecule has 1 saturated heterocycles. The molecule has 1 fully saturated rings. The first-order valence-corrected chi connectivity index (χ1v) is 7.68. The average molecular weight is 319 g/mol. The number of carbonyl (C=O) groups excluding carboxylic acids is 3. The lowest BCUT2D eigenvalue weighted by atomic mass is 9.97. The van der Waals surface area contributed by atoms with E-state index in [-0.39, 0.29) is 18.8 Å². The van der Waals surface area contributed by atoms with E-state index in [0.29, 0.717) is 13.0 Å². The van der Waals surface area contributed by atoms with Crippen molar-refractivity contribution in [1.82, 2.24) is 4.90 Å². The maximum atomic E-state index is 12.3. The molecule has 0 spiro atoms. The Morgan fingerprint density at radius 3 is 2.61 bits per heavy atom. The van der Waals surface area contributed by atoms with Crippen LogP contribution in [0.15, 0.2) is 30.3 Å². The number of methoxy groups -OCH3 is 1. The van der Waals surface area contributed by atoms with Gasteiger partial charge in [-0.25, -0.2) is 4.79 Å². The summed E-state index contributed by atoms with van der Waals surface area (Å²) in [6.07, 6.45) is 1.39. The van der Waals surface area contributed by atoms with E-state index in [1.165, 1.54) is 12.0 Å². The summed E-state index contributed by atoms with van der Waals surface area (Å²) < 4.78 is 9.82. The fraction of sp³-hybridized carbons (Fsp3) is 0.471. The summed E-state index contributed by atoms with van der Waals surface area (Å²) in [5.74, 6) is -0.883. The molecule has 0 bridgehead atoms. The first-order chi connectivity index (χ1) is 11.1. The number of rotatable bonds is 5. The second-order valence-corrected chi connectivity index (χ2v) is 5.46. The molecule has 6 nitrogen and oxygen atoms in total. The number of esters is 1. The summed E-state index contributed by atoms with van der Waals surface area (Å²) in [6.45, 7) is 0.624. The molecule has 0 aliphatic carbocycles. The second-order valence-electron chi connectivity index (χ2n) is 5.46. The van der Waals surface area contributed by atoms with Crippen LogP contribution in [0, 0.1) is 0 Å². The van der Waals surface area contributed by atoms with Gasteiger partial charge in [0.2, 0.25) is 0 Å². The van der Waals surface area contributed by atoms with E-state index >= 15 is 0 Å². The van der Waals surface area contributed by atoms with Crippen LogP contribution in [0.5, 0.6) is 0 Å². The molecule has 0 unspecified atom stereocenters. The van der Waals surface area contributed by atoms with Crippen molar-refractivity contribution in [3.63, 3.8) is 0 Å². The fourth-order valence-electron chi connectivity index (χ4n) is 2.62. The highest BCUT2D eigenvalue weighted by Gasteiger charge is 2.33. The van der Waals surface area contributed by atoms with Crippen molar-refractivity contribution < 1.29 is 23.9 Å². The van der Waals surface area contributed by atoms with Crippen LogP contribution in [-0.2, 0) is 25.7 Å². The lowest BCUT2D eigenvalue weighted by Crippen LogP contribution is -2.48. The normalized spacial score (nSPS) is 17.4. The molecule has 1 heterocycles. The molecule has 6 heteroatoms. The largest absolute Gasteiger partial charge is 0.469 e. The smallest absolute Gasteiger partial charge is 0.410 e. The minimum absolute atomic E-state index is 0.161. The van der Waals surface area contributed by atoms with Gasteiger partial charge in [-0.2, -0.15) is 0 Å². The number of piperidine rings is 1. The van der Waals surface area contributed by atoms with Crippen LogP contribution >= 0.6 is 0 Å². The Balaban J connectivity index is 1.95. The molecule has 0 radical (unpaired) electrons. The molecule has 1 amide bonds. The van der Waals surface area contributed by atoms with Crippen LogP contribution in [0.3, 0.4) is 0 Å². The number of ether oxygens (including phenoxy) is 2. The lowest BCUT2D eigenvalue weighted by Gasteiger charge is -2.33. The summed E-state index contributed by atoms with van der Waals surface area (Å²) in [7, 11) is 1.24. The summed E-state index contributed by atoms with van der Waals surface area (Å²) in [5.41, 5.74) is 0.885. The highest BCUT2D eigenvalue weighted by atomic mass is 16.6. The Morgan fingerprint density at radius 1 is 1.17 bits per heavy atom. The molecule has 0 saturated carbocycles. The third kappa shape index (κ3) is 4.81. The molecule has 2 rings (SSSR count). The number of Topliss-reactive ketones (excluding diaryl/α,β-unsaturated/α-hetero) is 1. The van der Waals surface area contributed by atoms with E-state index in [1.54, 1.807) is 0 Å². The van der Waals surface area contributed by atoms with Crippen molar-refractivity contribution in [2.24, 2.45) is 0 Å². The molecule has 1 aromatic carbocycles. The molecule has 1 aliphatic rings. The zero-order valence-corrected chi connectivity index (χ0v) is 13.2. The third-order valence-electron chi connectivity index (χ3n) is 3.86. The van der Waals surface area contributed by atoms with Crippen LogP contribution in [0.1, 0.15) is 31.2 Å². The topological polar surface area (TPSA) is 72.9 Å². The number of hydrogen-bond acceptors (Lipinski definition) is 5. The Kier molecular flexibility index (Phi) is 6.14. The monoisotopic (exact) mass is 319 g/mol. The van der Waals surface area contributed by atoms with E-state index < -0.39 is 18.1 Å². The van der Waals surface area contributed by atoms with Gasteiger partial charge in [-0.05, 0) is 24.8 Å². The van der Waals surface area contributed by atoms with E-state index in [9.17, 15) is 14.4 Å². The van der Waals surface area contributed by atoms with Gasteiger partial charge in [0.1, 0.15) is 13.0 Å². The van der Waals surface area contributed by atoms with Gasteiger partial charge in [-0.1, -0.05) is 30.3 Å². The van der Waals surface area contributed by atoms with Crippen LogP contribution in [-0.4, -0.2) is 42.4 Å². The summed E-state index contributed by atoms with van der Waals surface area (Å²) in [6, 6.07) is 8.75. The van der Waals surface area contributed by atoms with Gasteiger partial charge in [0.05, 0.1) is 13.2 Å². The van der Waals surface area contributed by atoms with Gasteiger partial charge >= 0.3 is 12.1 Å². The third-order valence-corrected chi connectivity index (χ3v) is 3.86. The second kappa shape index (κ2) is 8.31. The van der Waals surface area contributed by atoms with Crippen LogP contribution < -0.4 is 0 Å². The molecule has 124 valence electrons. The van der Waals surface area contributed by atoms with E-state index in [2.05, 4.69) is 4.74 Å².